The molecule has 1 aliphatic heterocycles. The third-order valence-electron chi connectivity index (χ3n) is 5.06. The van der Waals surface area contributed by atoms with Crippen molar-refractivity contribution in [2.75, 3.05) is 12.9 Å². The van der Waals surface area contributed by atoms with Crippen LogP contribution in [-0.4, -0.2) is 24.9 Å². The molecule has 1 fully saturated rings. The summed E-state index contributed by atoms with van der Waals surface area (Å²) in [6, 6.07) is 9.25. The van der Waals surface area contributed by atoms with Crippen LogP contribution in [0.2, 0.25) is 5.02 Å². The standard InChI is InChI=1S/C22H26ClNO4S/c1-12(2)17-9-16(23)7-13(3)20(17)28-10-15-8-14(5-6-19(15)27-4)21-24-18(11-29-21)22(25)26/h5-9,12,18,21,24H,10-11H2,1-4H3,(H,25,26)/t18-,21-/m0/s1. The molecule has 0 bridgehead atoms. The van der Waals surface area contributed by atoms with Gasteiger partial charge < -0.3 is 24.7 Å². The van der Waals surface area contributed by atoms with Gasteiger partial charge >= 0.3 is 0 Å². The van der Waals surface area contributed by atoms with Crippen molar-refractivity contribution in [3.8, 4) is 11.5 Å². The summed E-state index contributed by atoms with van der Waals surface area (Å²) in [4.78, 5) is 11.1. The highest BCUT2D eigenvalue weighted by atomic mass is 35.5. The lowest BCUT2D eigenvalue weighted by molar-refractivity contribution is -0.690. The Morgan fingerprint density at radius 2 is 2.10 bits per heavy atom. The SMILES string of the molecule is COc1ccc([C@H]2[NH2+][C@H](C(=O)[O-])CS2)cc1COc1c(C)cc(Cl)cc1C(C)C. The van der Waals surface area contributed by atoms with Gasteiger partial charge in [-0.2, -0.15) is 0 Å². The van der Waals surface area contributed by atoms with E-state index in [-0.39, 0.29) is 11.3 Å². The van der Waals surface area contributed by atoms with Crippen molar-refractivity contribution in [1.82, 2.24) is 0 Å². The van der Waals surface area contributed by atoms with Gasteiger partial charge in [-0.15, -0.1) is 0 Å². The van der Waals surface area contributed by atoms with Crippen LogP contribution in [0.3, 0.4) is 0 Å². The first-order valence-corrected chi connectivity index (χ1v) is 11.0. The Bertz CT molecular complexity index is 903. The maximum atomic E-state index is 11.1. The van der Waals surface area contributed by atoms with Gasteiger partial charge in [-0.1, -0.05) is 37.2 Å². The number of rotatable bonds is 7. The summed E-state index contributed by atoms with van der Waals surface area (Å²) in [5.74, 6) is 1.38. The second-order valence-corrected chi connectivity index (χ2v) is 9.14. The van der Waals surface area contributed by atoms with Crippen LogP contribution >= 0.6 is 23.4 Å². The summed E-state index contributed by atoms with van der Waals surface area (Å²) in [6.45, 7) is 6.56. The number of hydrogen-bond donors (Lipinski definition) is 1. The lowest BCUT2D eigenvalue weighted by atomic mass is 9.99. The van der Waals surface area contributed by atoms with Gasteiger partial charge in [-0.3, -0.25) is 0 Å². The Morgan fingerprint density at radius 1 is 1.34 bits per heavy atom. The van der Waals surface area contributed by atoms with E-state index in [1.807, 2.05) is 42.6 Å². The molecule has 7 heteroatoms. The van der Waals surface area contributed by atoms with Crippen LogP contribution < -0.4 is 19.9 Å². The van der Waals surface area contributed by atoms with E-state index in [2.05, 4.69) is 13.8 Å². The molecule has 0 aromatic heterocycles. The second-order valence-electron chi connectivity index (χ2n) is 7.53. The predicted octanol–water partition coefficient (Wildman–Crippen LogP) is 2.79. The van der Waals surface area contributed by atoms with Gasteiger partial charge in [0.25, 0.3) is 0 Å². The zero-order valence-electron chi connectivity index (χ0n) is 17.0. The number of nitrogens with two attached hydrogens (primary N) is 1. The molecule has 29 heavy (non-hydrogen) atoms. The number of carbonyl (C=O) groups is 1. The molecular formula is C22H26ClNO4S. The van der Waals surface area contributed by atoms with Crippen LogP contribution in [0, 0.1) is 6.92 Å². The molecule has 0 amide bonds. The smallest absolute Gasteiger partial charge is 0.159 e. The van der Waals surface area contributed by atoms with Crippen molar-refractivity contribution in [2.24, 2.45) is 0 Å². The summed E-state index contributed by atoms with van der Waals surface area (Å²) in [5.41, 5.74) is 4.02. The number of aryl methyl sites for hydroxylation is 1. The number of quaternary nitrogens is 1. The second kappa shape index (κ2) is 9.28. The van der Waals surface area contributed by atoms with Gasteiger partial charge in [0.2, 0.25) is 0 Å². The molecule has 0 radical (unpaired) electrons. The van der Waals surface area contributed by atoms with E-state index in [9.17, 15) is 9.90 Å². The minimum Gasteiger partial charge on any atom is -0.544 e. The Kier molecular flexibility index (Phi) is 6.98. The topological polar surface area (TPSA) is 75.2 Å². The first kappa shape index (κ1) is 21.8. The van der Waals surface area contributed by atoms with Crippen LogP contribution in [0.15, 0.2) is 30.3 Å². The number of halogens is 1. The number of methoxy groups -OCH3 is 1. The average molecular weight is 436 g/mol. The fourth-order valence-corrected chi connectivity index (χ4v) is 5.09. The highest BCUT2D eigenvalue weighted by Gasteiger charge is 2.31. The number of carboxylic acid groups (broad SMARTS) is 1. The minimum atomic E-state index is -1.02. The summed E-state index contributed by atoms with van der Waals surface area (Å²) >= 11 is 7.84. The highest BCUT2D eigenvalue weighted by molar-refractivity contribution is 7.99. The van der Waals surface area contributed by atoms with Crippen LogP contribution in [0.25, 0.3) is 0 Å². The lowest BCUT2D eigenvalue weighted by Gasteiger charge is -2.19. The largest absolute Gasteiger partial charge is 0.544 e. The first-order chi connectivity index (χ1) is 13.8. The Labute approximate surface area is 180 Å². The number of carbonyl (C=O) groups excluding carboxylic acids is 1. The number of hydrogen-bond acceptors (Lipinski definition) is 5. The zero-order valence-corrected chi connectivity index (χ0v) is 18.6. The van der Waals surface area contributed by atoms with Crippen molar-refractivity contribution >= 4 is 29.3 Å². The zero-order chi connectivity index (χ0) is 21.1. The summed E-state index contributed by atoms with van der Waals surface area (Å²) < 4.78 is 11.7. The molecule has 2 N–H and O–H groups in total. The molecule has 0 unspecified atom stereocenters. The maximum Gasteiger partial charge on any atom is 0.159 e. The molecule has 0 spiro atoms. The van der Waals surface area contributed by atoms with E-state index in [1.165, 1.54) is 0 Å². The number of ether oxygens (including phenoxy) is 2. The van der Waals surface area contributed by atoms with Crippen LogP contribution in [0.5, 0.6) is 11.5 Å². The normalized spacial score (nSPS) is 18.8. The van der Waals surface area contributed by atoms with E-state index in [0.717, 1.165) is 33.8 Å². The Balaban J connectivity index is 1.84. The molecule has 5 nitrogen and oxygen atoms in total. The fraction of sp³-hybridized carbons (Fsp3) is 0.409. The molecule has 1 heterocycles. The van der Waals surface area contributed by atoms with E-state index in [1.54, 1.807) is 18.9 Å². The van der Waals surface area contributed by atoms with Crippen LogP contribution in [0.1, 0.15) is 47.4 Å². The average Bonchev–Trinajstić information content (AvgIpc) is 3.17. The molecule has 156 valence electrons. The molecule has 1 saturated heterocycles. The van der Waals surface area contributed by atoms with Crippen LogP contribution in [0.4, 0.5) is 0 Å². The van der Waals surface area contributed by atoms with E-state index >= 15 is 0 Å². The third-order valence-corrected chi connectivity index (χ3v) is 6.62. The van der Waals surface area contributed by atoms with Gasteiger partial charge in [0, 0.05) is 16.1 Å². The molecule has 0 aliphatic carbocycles. The van der Waals surface area contributed by atoms with Crippen LogP contribution in [-0.2, 0) is 11.4 Å². The molecule has 2 atom stereocenters. The number of thioether (sulfide) groups is 1. The predicted molar refractivity (Wildman–Crippen MR) is 114 cm³/mol. The van der Waals surface area contributed by atoms with Crippen molar-refractivity contribution in [2.45, 2.75) is 44.7 Å². The van der Waals surface area contributed by atoms with Crippen molar-refractivity contribution in [3.05, 3.63) is 57.6 Å². The molecular weight excluding hydrogens is 410 g/mol. The van der Waals surface area contributed by atoms with Gasteiger partial charge in [-0.25, -0.2) is 0 Å². The van der Waals surface area contributed by atoms with E-state index in [0.29, 0.717) is 17.4 Å². The summed E-state index contributed by atoms with van der Waals surface area (Å²) in [5, 5.41) is 13.7. The molecule has 3 rings (SSSR count). The first-order valence-electron chi connectivity index (χ1n) is 9.57. The molecule has 1 aliphatic rings. The minimum absolute atomic E-state index is 0.0195. The number of carboxylic acids is 1. The number of benzene rings is 2. The molecule has 2 aromatic carbocycles. The lowest BCUT2D eigenvalue weighted by Crippen LogP contribution is -2.90. The van der Waals surface area contributed by atoms with Gasteiger partial charge in [0.1, 0.15) is 30.1 Å². The Hall–Kier alpha value is -1.89. The monoisotopic (exact) mass is 435 g/mol. The quantitative estimate of drug-likeness (QED) is 0.723. The van der Waals surface area contributed by atoms with E-state index < -0.39 is 12.0 Å². The summed E-state index contributed by atoms with van der Waals surface area (Å²) in [7, 11) is 1.63. The molecule has 0 saturated carbocycles. The molecule has 2 aromatic rings. The van der Waals surface area contributed by atoms with Gasteiger partial charge in [0.15, 0.2) is 5.37 Å². The Morgan fingerprint density at radius 3 is 2.72 bits per heavy atom. The van der Waals surface area contributed by atoms with Crippen molar-refractivity contribution in [1.29, 1.82) is 0 Å². The maximum absolute atomic E-state index is 11.1. The third kappa shape index (κ3) is 5.00. The van der Waals surface area contributed by atoms with Gasteiger partial charge in [-0.05, 0) is 54.3 Å². The summed E-state index contributed by atoms with van der Waals surface area (Å²) in [6.07, 6.45) is 0. The van der Waals surface area contributed by atoms with Crippen molar-refractivity contribution in [3.63, 3.8) is 0 Å². The fourth-order valence-electron chi connectivity index (χ4n) is 3.50. The van der Waals surface area contributed by atoms with E-state index in [4.69, 9.17) is 21.1 Å². The highest BCUT2D eigenvalue weighted by Crippen LogP contribution is 2.35. The number of aliphatic carboxylic acids is 1. The van der Waals surface area contributed by atoms with Crippen molar-refractivity contribution < 1.29 is 24.7 Å². The van der Waals surface area contributed by atoms with Gasteiger partial charge in [0.05, 0.1) is 12.9 Å².